The number of likely N-dealkylation sites (N-methyl/N-ethyl adjacent to an activating group) is 1. The van der Waals surface area contributed by atoms with E-state index < -0.39 is 5.60 Å². The fourth-order valence-corrected chi connectivity index (χ4v) is 2.48. The number of rotatable bonds is 4. The second-order valence-electron chi connectivity index (χ2n) is 4.94. The zero-order valence-electron chi connectivity index (χ0n) is 11.1. The molecule has 4 heteroatoms. The largest absolute Gasteiger partial charge is 0.497 e. The van der Waals surface area contributed by atoms with Gasteiger partial charge in [-0.1, -0.05) is 0 Å². The summed E-state index contributed by atoms with van der Waals surface area (Å²) < 4.78 is 5.15. The SMILES string of the molecule is CNCC1(O)CCN(c2ccc(OC)cc2)CC1. The van der Waals surface area contributed by atoms with Gasteiger partial charge in [-0.2, -0.15) is 0 Å². The van der Waals surface area contributed by atoms with E-state index in [0.29, 0.717) is 6.54 Å². The van der Waals surface area contributed by atoms with Crippen LogP contribution in [-0.4, -0.2) is 44.5 Å². The van der Waals surface area contributed by atoms with Gasteiger partial charge in [-0.15, -0.1) is 0 Å². The van der Waals surface area contributed by atoms with Gasteiger partial charge >= 0.3 is 0 Å². The van der Waals surface area contributed by atoms with Gasteiger partial charge in [0.1, 0.15) is 5.75 Å². The Balaban J connectivity index is 1.96. The molecule has 4 nitrogen and oxygen atoms in total. The molecule has 1 saturated heterocycles. The van der Waals surface area contributed by atoms with E-state index in [1.165, 1.54) is 5.69 Å². The number of hydrogen-bond donors (Lipinski definition) is 2. The predicted octanol–water partition coefficient (Wildman–Crippen LogP) is 1.25. The van der Waals surface area contributed by atoms with Crippen LogP contribution < -0.4 is 15.0 Å². The number of methoxy groups -OCH3 is 1. The molecule has 0 atom stereocenters. The van der Waals surface area contributed by atoms with Crippen LogP contribution in [0.1, 0.15) is 12.8 Å². The minimum Gasteiger partial charge on any atom is -0.497 e. The minimum absolute atomic E-state index is 0.544. The molecule has 2 rings (SSSR count). The number of hydrogen-bond acceptors (Lipinski definition) is 4. The fourth-order valence-electron chi connectivity index (χ4n) is 2.48. The van der Waals surface area contributed by atoms with Gasteiger partial charge in [0, 0.05) is 25.3 Å². The van der Waals surface area contributed by atoms with Crippen LogP contribution in [0.3, 0.4) is 0 Å². The summed E-state index contributed by atoms with van der Waals surface area (Å²) in [4.78, 5) is 2.31. The zero-order chi connectivity index (χ0) is 13.0. The van der Waals surface area contributed by atoms with Gasteiger partial charge in [0.25, 0.3) is 0 Å². The molecule has 1 heterocycles. The molecule has 0 saturated carbocycles. The Morgan fingerprint density at radius 1 is 1.28 bits per heavy atom. The molecule has 2 N–H and O–H groups in total. The Hall–Kier alpha value is -1.26. The molecule has 0 radical (unpaired) electrons. The van der Waals surface area contributed by atoms with Gasteiger partial charge in [0.2, 0.25) is 0 Å². The number of piperidine rings is 1. The lowest BCUT2D eigenvalue weighted by atomic mass is 9.91. The average molecular weight is 250 g/mol. The van der Waals surface area contributed by atoms with Gasteiger partial charge in [-0.3, -0.25) is 0 Å². The third kappa shape index (κ3) is 2.94. The van der Waals surface area contributed by atoms with Gasteiger partial charge < -0.3 is 20.1 Å². The standard InChI is InChI=1S/C14H22N2O2/c1-15-11-14(17)7-9-16(10-8-14)12-3-5-13(18-2)6-4-12/h3-6,15,17H,7-11H2,1-2H3. The van der Waals surface area contributed by atoms with E-state index in [1.807, 2.05) is 19.2 Å². The molecule has 0 bridgehead atoms. The first-order chi connectivity index (χ1) is 8.67. The summed E-state index contributed by atoms with van der Waals surface area (Å²) in [6.07, 6.45) is 1.61. The molecule has 1 aliphatic rings. The first kappa shape index (κ1) is 13.2. The van der Waals surface area contributed by atoms with E-state index >= 15 is 0 Å². The van der Waals surface area contributed by atoms with Crippen LogP contribution >= 0.6 is 0 Å². The Morgan fingerprint density at radius 2 is 1.89 bits per heavy atom. The van der Waals surface area contributed by atoms with Gasteiger partial charge in [-0.25, -0.2) is 0 Å². The summed E-state index contributed by atoms with van der Waals surface area (Å²) in [5, 5.41) is 13.4. The van der Waals surface area contributed by atoms with Crippen molar-refractivity contribution in [3.8, 4) is 5.75 Å². The van der Waals surface area contributed by atoms with Crippen molar-refractivity contribution >= 4 is 5.69 Å². The van der Waals surface area contributed by atoms with Crippen LogP contribution in [0.15, 0.2) is 24.3 Å². The maximum absolute atomic E-state index is 10.3. The van der Waals surface area contributed by atoms with E-state index in [1.54, 1.807) is 7.11 Å². The molecular weight excluding hydrogens is 228 g/mol. The summed E-state index contributed by atoms with van der Waals surface area (Å²) in [5.74, 6) is 0.877. The maximum Gasteiger partial charge on any atom is 0.119 e. The quantitative estimate of drug-likeness (QED) is 0.844. The van der Waals surface area contributed by atoms with Crippen molar-refractivity contribution in [1.29, 1.82) is 0 Å². The molecule has 1 aromatic carbocycles. The van der Waals surface area contributed by atoms with Crippen molar-refractivity contribution in [1.82, 2.24) is 5.32 Å². The normalized spacial score (nSPS) is 18.7. The van der Waals surface area contributed by atoms with Crippen molar-refractivity contribution < 1.29 is 9.84 Å². The summed E-state index contributed by atoms with van der Waals surface area (Å²) in [6, 6.07) is 8.09. The van der Waals surface area contributed by atoms with Crippen LogP contribution in [0, 0.1) is 0 Å². The molecular formula is C14H22N2O2. The first-order valence-corrected chi connectivity index (χ1v) is 6.43. The molecule has 0 amide bonds. The van der Waals surface area contributed by atoms with Crippen molar-refractivity contribution in [2.24, 2.45) is 0 Å². The van der Waals surface area contributed by atoms with Crippen molar-refractivity contribution in [3.05, 3.63) is 24.3 Å². The smallest absolute Gasteiger partial charge is 0.119 e. The lowest BCUT2D eigenvalue weighted by Gasteiger charge is -2.39. The summed E-state index contributed by atoms with van der Waals surface area (Å²) in [7, 11) is 3.56. The van der Waals surface area contributed by atoms with Crippen molar-refractivity contribution in [2.45, 2.75) is 18.4 Å². The number of benzene rings is 1. The first-order valence-electron chi connectivity index (χ1n) is 6.43. The highest BCUT2D eigenvalue weighted by Gasteiger charge is 2.31. The number of aliphatic hydroxyl groups is 1. The Labute approximate surface area is 109 Å². The van der Waals surface area contributed by atoms with Crippen LogP contribution in [0.5, 0.6) is 5.75 Å². The molecule has 1 fully saturated rings. The monoisotopic (exact) mass is 250 g/mol. The Bertz CT molecular complexity index is 370. The summed E-state index contributed by atoms with van der Waals surface area (Å²) >= 11 is 0. The second-order valence-corrected chi connectivity index (χ2v) is 4.94. The van der Waals surface area contributed by atoms with Crippen LogP contribution in [0.25, 0.3) is 0 Å². The second kappa shape index (κ2) is 5.59. The topological polar surface area (TPSA) is 44.7 Å². The van der Waals surface area contributed by atoms with Crippen molar-refractivity contribution in [2.75, 3.05) is 38.7 Å². The van der Waals surface area contributed by atoms with Gasteiger partial charge in [-0.05, 0) is 44.2 Å². The number of nitrogens with zero attached hydrogens (tertiary/aromatic N) is 1. The highest BCUT2D eigenvalue weighted by molar-refractivity contribution is 5.49. The van der Waals surface area contributed by atoms with E-state index in [-0.39, 0.29) is 0 Å². The number of anilines is 1. The fraction of sp³-hybridized carbons (Fsp3) is 0.571. The molecule has 0 aliphatic carbocycles. The zero-order valence-corrected chi connectivity index (χ0v) is 11.1. The van der Waals surface area contributed by atoms with E-state index in [2.05, 4.69) is 22.3 Å². The highest BCUT2D eigenvalue weighted by atomic mass is 16.5. The van der Waals surface area contributed by atoms with Gasteiger partial charge in [0.15, 0.2) is 0 Å². The number of ether oxygens (including phenoxy) is 1. The average Bonchev–Trinajstić information content (AvgIpc) is 2.40. The molecule has 1 aromatic rings. The lowest BCUT2D eigenvalue weighted by molar-refractivity contribution is 0.0185. The minimum atomic E-state index is -0.544. The third-order valence-electron chi connectivity index (χ3n) is 3.64. The third-order valence-corrected chi connectivity index (χ3v) is 3.64. The van der Waals surface area contributed by atoms with Crippen molar-refractivity contribution in [3.63, 3.8) is 0 Å². The molecule has 0 spiro atoms. The van der Waals surface area contributed by atoms with Crippen LogP contribution in [-0.2, 0) is 0 Å². The molecule has 18 heavy (non-hydrogen) atoms. The van der Waals surface area contributed by atoms with Crippen LogP contribution in [0.2, 0.25) is 0 Å². The molecule has 100 valence electrons. The molecule has 0 aromatic heterocycles. The Kier molecular flexibility index (Phi) is 4.09. The van der Waals surface area contributed by atoms with E-state index in [4.69, 9.17) is 4.74 Å². The Morgan fingerprint density at radius 3 is 2.39 bits per heavy atom. The summed E-state index contributed by atoms with van der Waals surface area (Å²) in [6.45, 7) is 2.46. The summed E-state index contributed by atoms with van der Waals surface area (Å²) in [5.41, 5.74) is 0.653. The maximum atomic E-state index is 10.3. The van der Waals surface area contributed by atoms with E-state index in [0.717, 1.165) is 31.7 Å². The van der Waals surface area contributed by atoms with E-state index in [9.17, 15) is 5.11 Å². The number of nitrogens with one attached hydrogen (secondary N) is 1. The molecule has 0 unspecified atom stereocenters. The van der Waals surface area contributed by atoms with Gasteiger partial charge in [0.05, 0.1) is 12.7 Å². The highest BCUT2D eigenvalue weighted by Crippen LogP contribution is 2.27. The molecule has 1 aliphatic heterocycles. The predicted molar refractivity (Wildman–Crippen MR) is 73.3 cm³/mol. The van der Waals surface area contributed by atoms with Crippen LogP contribution in [0.4, 0.5) is 5.69 Å². The lowest BCUT2D eigenvalue weighted by Crippen LogP contribution is -2.49.